The normalized spacial score (nSPS) is 15.5. The molecule has 4 heteroatoms. The summed E-state index contributed by atoms with van der Waals surface area (Å²) in [6.07, 6.45) is 21.6. The number of hydrogen-bond donors (Lipinski definition) is 3. The number of aliphatic carboxylic acids is 1. The summed E-state index contributed by atoms with van der Waals surface area (Å²) in [4.78, 5) is 10.3. The molecule has 2 atom stereocenters. The van der Waals surface area contributed by atoms with Gasteiger partial charge in [0.25, 0.3) is 0 Å². The molecule has 0 radical (unpaired) electrons. The van der Waals surface area contributed by atoms with E-state index in [1.807, 2.05) is 43.4 Å². The second-order valence-corrected chi connectivity index (χ2v) is 5.36. The zero-order valence-electron chi connectivity index (χ0n) is 14.4. The van der Waals surface area contributed by atoms with Gasteiger partial charge < -0.3 is 15.3 Å². The van der Waals surface area contributed by atoms with Gasteiger partial charge in [0.15, 0.2) is 0 Å². The first kappa shape index (κ1) is 22.1. The average Bonchev–Trinajstić information content (AvgIpc) is 2.57. The maximum Gasteiger partial charge on any atom is 0.303 e. The average molecular weight is 334 g/mol. The molecule has 0 heterocycles. The molecule has 2 unspecified atom stereocenters. The topological polar surface area (TPSA) is 77.8 Å². The molecule has 0 aliphatic rings. The molecule has 0 aromatic carbocycles. The van der Waals surface area contributed by atoms with E-state index < -0.39 is 18.2 Å². The highest BCUT2D eigenvalue weighted by Gasteiger charge is 2.08. The smallest absolute Gasteiger partial charge is 0.303 e. The molecule has 24 heavy (non-hydrogen) atoms. The number of unbranched alkanes of at least 4 members (excludes halogenated alkanes) is 1. The molecule has 134 valence electrons. The Morgan fingerprint density at radius 1 is 0.917 bits per heavy atom. The summed E-state index contributed by atoms with van der Waals surface area (Å²) >= 11 is 0. The molecular weight excluding hydrogens is 304 g/mol. The third-order valence-corrected chi connectivity index (χ3v) is 3.23. The molecule has 0 saturated carbocycles. The van der Waals surface area contributed by atoms with Gasteiger partial charge in [0.05, 0.1) is 12.2 Å². The van der Waals surface area contributed by atoms with E-state index >= 15 is 0 Å². The van der Waals surface area contributed by atoms with E-state index in [9.17, 15) is 15.0 Å². The summed E-state index contributed by atoms with van der Waals surface area (Å²) in [5, 5.41) is 27.4. The number of carbonyl (C=O) groups is 1. The summed E-state index contributed by atoms with van der Waals surface area (Å²) in [5.41, 5.74) is 0. The molecule has 4 nitrogen and oxygen atoms in total. The highest BCUT2D eigenvalue weighted by atomic mass is 16.4. The van der Waals surface area contributed by atoms with Crippen LogP contribution in [0, 0.1) is 0 Å². The van der Waals surface area contributed by atoms with E-state index in [4.69, 9.17) is 5.11 Å². The second kappa shape index (κ2) is 16.0. The van der Waals surface area contributed by atoms with Crippen LogP contribution in [0.4, 0.5) is 0 Å². The lowest BCUT2D eigenvalue weighted by molar-refractivity contribution is -0.137. The van der Waals surface area contributed by atoms with E-state index in [1.54, 1.807) is 12.2 Å². The summed E-state index contributed by atoms with van der Waals surface area (Å²) in [6, 6.07) is 0. The van der Waals surface area contributed by atoms with E-state index in [2.05, 4.69) is 12.2 Å². The molecule has 0 aromatic heterocycles. The fourth-order valence-corrected chi connectivity index (χ4v) is 1.77. The molecular formula is C20H30O4. The van der Waals surface area contributed by atoms with Crippen molar-refractivity contribution in [3.63, 3.8) is 0 Å². The highest BCUT2D eigenvalue weighted by Crippen LogP contribution is 2.00. The number of carboxylic acids is 1. The second-order valence-electron chi connectivity index (χ2n) is 5.36. The van der Waals surface area contributed by atoms with Crippen molar-refractivity contribution in [1.82, 2.24) is 0 Å². The van der Waals surface area contributed by atoms with E-state index in [0.29, 0.717) is 12.8 Å². The van der Waals surface area contributed by atoms with Crippen LogP contribution in [0.2, 0.25) is 0 Å². The van der Waals surface area contributed by atoms with Crippen LogP contribution in [0.15, 0.2) is 60.8 Å². The van der Waals surface area contributed by atoms with Gasteiger partial charge in [0.2, 0.25) is 0 Å². The summed E-state index contributed by atoms with van der Waals surface area (Å²) < 4.78 is 0. The van der Waals surface area contributed by atoms with Gasteiger partial charge in [0, 0.05) is 6.42 Å². The summed E-state index contributed by atoms with van der Waals surface area (Å²) in [6.45, 7) is 1.82. The predicted octanol–water partition coefficient (Wildman–Crippen LogP) is 3.93. The van der Waals surface area contributed by atoms with Crippen molar-refractivity contribution in [2.24, 2.45) is 0 Å². The summed E-state index contributed by atoms with van der Waals surface area (Å²) in [7, 11) is 0. The Hall–Kier alpha value is -1.91. The van der Waals surface area contributed by atoms with Crippen LogP contribution in [0.3, 0.4) is 0 Å². The Bertz CT molecular complexity index is 458. The number of rotatable bonds is 13. The first-order valence-corrected chi connectivity index (χ1v) is 8.45. The maximum absolute atomic E-state index is 10.3. The van der Waals surface area contributed by atoms with Crippen molar-refractivity contribution in [3.05, 3.63) is 60.8 Å². The molecule has 0 aromatic rings. The minimum Gasteiger partial charge on any atom is -0.481 e. The van der Waals surface area contributed by atoms with Crippen molar-refractivity contribution in [3.8, 4) is 0 Å². The molecule has 0 saturated heterocycles. The molecule has 3 N–H and O–H groups in total. The quantitative estimate of drug-likeness (QED) is 0.271. The van der Waals surface area contributed by atoms with Crippen LogP contribution in [-0.2, 0) is 4.79 Å². The molecule has 0 amide bonds. The predicted molar refractivity (Wildman–Crippen MR) is 98.7 cm³/mol. The lowest BCUT2D eigenvalue weighted by atomic mass is 10.1. The van der Waals surface area contributed by atoms with Crippen LogP contribution in [-0.4, -0.2) is 33.5 Å². The van der Waals surface area contributed by atoms with Gasteiger partial charge in [-0.25, -0.2) is 0 Å². The van der Waals surface area contributed by atoms with Crippen LogP contribution in [0.25, 0.3) is 0 Å². The van der Waals surface area contributed by atoms with Gasteiger partial charge in [-0.3, -0.25) is 4.79 Å². The van der Waals surface area contributed by atoms with Crippen molar-refractivity contribution >= 4 is 5.97 Å². The Labute approximate surface area is 145 Å². The standard InChI is InChI=1S/C20H30O4/c1-2-18(21)19(22)16-14-12-10-8-6-4-3-5-7-9-11-13-15-17-20(23)24/h3,5-6,8-12,14,16,18-19,21-22H,2,4,7,13,15,17H2,1H3,(H,23,24). The minimum absolute atomic E-state index is 0.228. The number of aliphatic hydroxyl groups is 2. The van der Waals surface area contributed by atoms with Crippen molar-refractivity contribution in [1.29, 1.82) is 0 Å². The molecule has 0 rings (SSSR count). The van der Waals surface area contributed by atoms with Gasteiger partial charge in [-0.2, -0.15) is 0 Å². The number of carboxylic acid groups (broad SMARTS) is 1. The maximum atomic E-state index is 10.3. The highest BCUT2D eigenvalue weighted by molar-refractivity contribution is 5.66. The van der Waals surface area contributed by atoms with E-state index in [-0.39, 0.29) is 6.42 Å². The first-order valence-electron chi connectivity index (χ1n) is 8.45. The number of allylic oxidation sites excluding steroid dienone is 9. The zero-order valence-corrected chi connectivity index (χ0v) is 14.4. The van der Waals surface area contributed by atoms with Crippen LogP contribution in [0.1, 0.15) is 45.4 Å². The monoisotopic (exact) mass is 334 g/mol. The minimum atomic E-state index is -0.816. The molecule has 0 aliphatic carbocycles. The van der Waals surface area contributed by atoms with Gasteiger partial charge in [-0.05, 0) is 32.1 Å². The van der Waals surface area contributed by atoms with Gasteiger partial charge >= 0.3 is 5.97 Å². The third kappa shape index (κ3) is 15.0. The molecule has 0 aliphatic heterocycles. The van der Waals surface area contributed by atoms with E-state index in [0.717, 1.165) is 19.3 Å². The first-order chi connectivity index (χ1) is 11.6. The van der Waals surface area contributed by atoms with E-state index in [1.165, 1.54) is 0 Å². The van der Waals surface area contributed by atoms with Crippen LogP contribution in [0.5, 0.6) is 0 Å². The van der Waals surface area contributed by atoms with Crippen LogP contribution < -0.4 is 0 Å². The zero-order chi connectivity index (χ0) is 18.0. The van der Waals surface area contributed by atoms with Crippen molar-refractivity contribution in [2.45, 2.75) is 57.7 Å². The van der Waals surface area contributed by atoms with Gasteiger partial charge in [-0.15, -0.1) is 0 Å². The Balaban J connectivity index is 3.70. The third-order valence-electron chi connectivity index (χ3n) is 3.23. The SMILES string of the molecule is CCC(O)C(O)C=CC=CC=CCC=CCC=CCCCC(=O)O. The Morgan fingerprint density at radius 3 is 2.21 bits per heavy atom. The fraction of sp³-hybridized carbons (Fsp3) is 0.450. The molecule has 0 spiro atoms. The number of hydrogen-bond acceptors (Lipinski definition) is 3. The van der Waals surface area contributed by atoms with Crippen LogP contribution >= 0.6 is 0 Å². The van der Waals surface area contributed by atoms with Gasteiger partial charge in [-0.1, -0.05) is 67.7 Å². The Morgan fingerprint density at radius 2 is 1.54 bits per heavy atom. The fourth-order valence-electron chi connectivity index (χ4n) is 1.77. The Kier molecular flexibility index (Phi) is 14.7. The molecule has 0 fully saturated rings. The lowest BCUT2D eigenvalue weighted by Crippen LogP contribution is -2.22. The van der Waals surface area contributed by atoms with Crippen molar-refractivity contribution in [2.75, 3.05) is 0 Å². The summed E-state index contributed by atoms with van der Waals surface area (Å²) in [5.74, 6) is -0.741. The number of aliphatic hydroxyl groups excluding tert-OH is 2. The largest absolute Gasteiger partial charge is 0.481 e. The van der Waals surface area contributed by atoms with Crippen molar-refractivity contribution < 1.29 is 20.1 Å². The van der Waals surface area contributed by atoms with Gasteiger partial charge in [0.1, 0.15) is 0 Å². The lowest BCUT2D eigenvalue weighted by Gasteiger charge is -2.10. The molecule has 0 bridgehead atoms.